The highest BCUT2D eigenvalue weighted by Gasteiger charge is 2.48. The van der Waals surface area contributed by atoms with E-state index in [2.05, 4.69) is 26.1 Å². The molecule has 0 radical (unpaired) electrons. The van der Waals surface area contributed by atoms with Gasteiger partial charge in [-0.25, -0.2) is 0 Å². The molecule has 5 rings (SSSR count). The van der Waals surface area contributed by atoms with Gasteiger partial charge in [0.25, 0.3) is 0 Å². The Morgan fingerprint density at radius 1 is 0.977 bits per heavy atom. The number of carbonyl (C=O) groups excluding carboxylic acids is 1. The van der Waals surface area contributed by atoms with Gasteiger partial charge in [0.1, 0.15) is 12.4 Å². The standard InChI is InChI=1S/C34H40N2O7/c1-34(2,3)32(23-8-6-5-7-9-23)35-29(37)20-36-19-26(24-12-15-27-28(18-24)43-21-42-27)30(33(38)39)31(36)22-10-13-25(14-11-22)41-17-16-40-4/h5-15,18,26,30-32H,16-17,19-21H2,1-4H3,(H,35,37)(H,38,39)/t26-,30-,31+,32?/m0/s1. The summed E-state index contributed by atoms with van der Waals surface area (Å²) in [7, 11) is 1.61. The summed E-state index contributed by atoms with van der Waals surface area (Å²) >= 11 is 0. The molecule has 0 aliphatic carbocycles. The number of carboxylic acids is 1. The highest BCUT2D eigenvalue weighted by molar-refractivity contribution is 5.79. The first-order valence-corrected chi connectivity index (χ1v) is 14.6. The van der Waals surface area contributed by atoms with Gasteiger partial charge in [-0.3, -0.25) is 14.5 Å². The summed E-state index contributed by atoms with van der Waals surface area (Å²) in [5.41, 5.74) is 2.42. The molecule has 0 saturated carbocycles. The molecule has 228 valence electrons. The van der Waals surface area contributed by atoms with E-state index in [4.69, 9.17) is 18.9 Å². The second-order valence-corrected chi connectivity index (χ2v) is 12.1. The number of hydrogen-bond donors (Lipinski definition) is 2. The largest absolute Gasteiger partial charge is 0.491 e. The second-order valence-electron chi connectivity index (χ2n) is 12.1. The van der Waals surface area contributed by atoms with Gasteiger partial charge in [-0.1, -0.05) is 69.3 Å². The zero-order valence-corrected chi connectivity index (χ0v) is 25.1. The number of amides is 1. The molecule has 1 saturated heterocycles. The zero-order chi connectivity index (χ0) is 30.6. The average molecular weight is 589 g/mol. The van der Waals surface area contributed by atoms with E-state index >= 15 is 0 Å². The number of methoxy groups -OCH3 is 1. The molecule has 3 aromatic rings. The quantitative estimate of drug-likeness (QED) is 0.295. The number of fused-ring (bicyclic) bond motifs is 1. The first-order chi connectivity index (χ1) is 20.7. The second kappa shape index (κ2) is 13.1. The Bertz CT molecular complexity index is 1400. The SMILES string of the molecule is COCCOc1ccc([C@@H]2[C@@H](C(=O)O)[C@H](c3ccc4c(c3)OCO4)CN2CC(=O)NC(c2ccccc2)C(C)(C)C)cc1. The number of likely N-dealkylation sites (tertiary alicyclic amines) is 1. The molecular weight excluding hydrogens is 548 g/mol. The highest BCUT2D eigenvalue weighted by Crippen LogP contribution is 2.48. The van der Waals surface area contributed by atoms with Crippen LogP contribution in [-0.2, 0) is 14.3 Å². The Balaban J connectivity index is 1.45. The lowest BCUT2D eigenvalue weighted by Crippen LogP contribution is -2.43. The van der Waals surface area contributed by atoms with Crippen LogP contribution in [0.3, 0.4) is 0 Å². The molecule has 2 N–H and O–H groups in total. The van der Waals surface area contributed by atoms with Crippen LogP contribution >= 0.6 is 0 Å². The Hall–Kier alpha value is -4.08. The van der Waals surface area contributed by atoms with Crippen LogP contribution in [-0.4, -0.2) is 62.1 Å². The van der Waals surface area contributed by atoms with Gasteiger partial charge < -0.3 is 29.4 Å². The van der Waals surface area contributed by atoms with Crippen molar-refractivity contribution < 1.29 is 33.6 Å². The third kappa shape index (κ3) is 6.95. The summed E-state index contributed by atoms with van der Waals surface area (Å²) in [4.78, 5) is 28.6. The lowest BCUT2D eigenvalue weighted by Gasteiger charge is -2.33. The van der Waals surface area contributed by atoms with Crippen LogP contribution in [0.25, 0.3) is 0 Å². The van der Waals surface area contributed by atoms with Crippen LogP contribution < -0.4 is 19.5 Å². The van der Waals surface area contributed by atoms with E-state index in [0.29, 0.717) is 37.0 Å². The van der Waals surface area contributed by atoms with E-state index in [1.54, 1.807) is 7.11 Å². The fourth-order valence-corrected chi connectivity index (χ4v) is 6.11. The van der Waals surface area contributed by atoms with Crippen LogP contribution in [0.4, 0.5) is 0 Å². The smallest absolute Gasteiger partial charge is 0.309 e. The first-order valence-electron chi connectivity index (χ1n) is 14.6. The molecule has 0 bridgehead atoms. The molecule has 4 atom stereocenters. The molecule has 43 heavy (non-hydrogen) atoms. The topological polar surface area (TPSA) is 107 Å². The van der Waals surface area contributed by atoms with Gasteiger partial charge >= 0.3 is 5.97 Å². The molecule has 0 spiro atoms. The number of hydrogen-bond acceptors (Lipinski definition) is 7. The molecule has 3 aromatic carbocycles. The van der Waals surface area contributed by atoms with Crippen molar-refractivity contribution in [2.75, 3.05) is 40.2 Å². The Labute approximate surface area is 252 Å². The minimum atomic E-state index is -0.923. The van der Waals surface area contributed by atoms with Crippen molar-refractivity contribution in [3.05, 3.63) is 89.5 Å². The van der Waals surface area contributed by atoms with Gasteiger partial charge in [0.05, 0.1) is 25.1 Å². The minimum absolute atomic E-state index is 0.0427. The van der Waals surface area contributed by atoms with E-state index in [-0.39, 0.29) is 36.6 Å². The Morgan fingerprint density at radius 3 is 2.35 bits per heavy atom. The maximum absolute atomic E-state index is 13.7. The van der Waals surface area contributed by atoms with E-state index in [1.165, 1.54) is 0 Å². The van der Waals surface area contributed by atoms with Gasteiger partial charge in [-0.15, -0.1) is 0 Å². The van der Waals surface area contributed by atoms with Crippen LogP contribution in [0, 0.1) is 11.3 Å². The van der Waals surface area contributed by atoms with Crippen LogP contribution in [0.5, 0.6) is 17.2 Å². The number of nitrogens with zero attached hydrogens (tertiary/aromatic N) is 1. The normalized spacial score (nSPS) is 20.5. The molecule has 1 fully saturated rings. The van der Waals surface area contributed by atoms with Crippen molar-refractivity contribution in [1.29, 1.82) is 0 Å². The number of nitrogens with one attached hydrogen (secondary N) is 1. The van der Waals surface area contributed by atoms with E-state index < -0.39 is 17.9 Å². The van der Waals surface area contributed by atoms with Crippen molar-refractivity contribution in [3.63, 3.8) is 0 Å². The summed E-state index contributed by atoms with van der Waals surface area (Å²) in [6.07, 6.45) is 0. The highest BCUT2D eigenvalue weighted by atomic mass is 16.7. The van der Waals surface area contributed by atoms with Gasteiger partial charge in [-0.05, 0) is 46.4 Å². The van der Waals surface area contributed by atoms with Crippen LogP contribution in [0.2, 0.25) is 0 Å². The molecule has 2 aliphatic heterocycles. The number of benzene rings is 3. The van der Waals surface area contributed by atoms with Crippen LogP contribution in [0.15, 0.2) is 72.8 Å². The zero-order valence-electron chi connectivity index (χ0n) is 25.1. The Morgan fingerprint density at radius 2 is 1.67 bits per heavy atom. The number of rotatable bonds is 11. The lowest BCUT2D eigenvalue weighted by atomic mass is 9.82. The van der Waals surface area contributed by atoms with Crippen LogP contribution in [0.1, 0.15) is 55.5 Å². The number of ether oxygens (including phenoxy) is 4. The Kier molecular flexibility index (Phi) is 9.22. The molecule has 0 aromatic heterocycles. The minimum Gasteiger partial charge on any atom is -0.491 e. The van der Waals surface area contributed by atoms with Gasteiger partial charge in [0.15, 0.2) is 11.5 Å². The fraction of sp³-hybridized carbons (Fsp3) is 0.412. The number of carboxylic acid groups (broad SMARTS) is 1. The lowest BCUT2D eigenvalue weighted by molar-refractivity contribution is -0.143. The summed E-state index contributed by atoms with van der Waals surface area (Å²) in [6.45, 7) is 7.71. The van der Waals surface area contributed by atoms with Crippen molar-refractivity contribution >= 4 is 11.9 Å². The molecule has 9 nitrogen and oxygen atoms in total. The molecule has 2 heterocycles. The molecule has 2 aliphatic rings. The predicted octanol–water partition coefficient (Wildman–Crippen LogP) is 5.19. The van der Waals surface area contributed by atoms with Crippen molar-refractivity contribution in [2.45, 2.75) is 38.8 Å². The average Bonchev–Trinajstić information content (AvgIpc) is 3.61. The third-order valence-corrected chi connectivity index (χ3v) is 8.14. The van der Waals surface area contributed by atoms with Gasteiger partial charge in [-0.2, -0.15) is 0 Å². The summed E-state index contributed by atoms with van der Waals surface area (Å²) in [6, 6.07) is 22.2. The summed E-state index contributed by atoms with van der Waals surface area (Å²) < 4.78 is 21.9. The third-order valence-electron chi connectivity index (χ3n) is 8.14. The monoisotopic (exact) mass is 588 g/mol. The maximum Gasteiger partial charge on any atom is 0.309 e. The molecule has 1 amide bonds. The maximum atomic E-state index is 13.7. The van der Waals surface area contributed by atoms with E-state index in [0.717, 1.165) is 16.7 Å². The summed E-state index contributed by atoms with van der Waals surface area (Å²) in [5.74, 6) is -0.367. The molecule has 1 unspecified atom stereocenters. The van der Waals surface area contributed by atoms with Crippen molar-refractivity contribution in [1.82, 2.24) is 10.2 Å². The van der Waals surface area contributed by atoms with E-state index in [9.17, 15) is 14.7 Å². The van der Waals surface area contributed by atoms with Gasteiger partial charge in [0, 0.05) is 25.6 Å². The van der Waals surface area contributed by atoms with Crippen molar-refractivity contribution in [3.8, 4) is 17.2 Å². The number of aliphatic carboxylic acids is 1. The molecule has 9 heteroatoms. The van der Waals surface area contributed by atoms with Gasteiger partial charge in [0.2, 0.25) is 12.7 Å². The molecular formula is C34H40N2O7. The first kappa shape index (κ1) is 30.4. The number of carbonyl (C=O) groups is 2. The summed E-state index contributed by atoms with van der Waals surface area (Å²) in [5, 5.41) is 13.8. The predicted molar refractivity (Wildman–Crippen MR) is 161 cm³/mol. The van der Waals surface area contributed by atoms with E-state index in [1.807, 2.05) is 77.7 Å². The fourth-order valence-electron chi connectivity index (χ4n) is 6.11. The van der Waals surface area contributed by atoms with Crippen molar-refractivity contribution in [2.24, 2.45) is 11.3 Å².